The second-order valence-corrected chi connectivity index (χ2v) is 4.71. The summed E-state index contributed by atoms with van der Waals surface area (Å²) in [5.41, 5.74) is 0. The molecule has 1 unspecified atom stereocenters. The minimum atomic E-state index is -0.605. The molecule has 20 heavy (non-hydrogen) atoms. The number of ketones is 1. The summed E-state index contributed by atoms with van der Waals surface area (Å²) >= 11 is 0. The van der Waals surface area contributed by atoms with Crippen molar-refractivity contribution < 1.29 is 19.4 Å². The number of esters is 1. The Bertz CT molecular complexity index is 338. The number of Topliss-reactive ketones (excluding diaryl/α,β-unsaturated/α-hetero) is 1. The Balaban J connectivity index is 3.69. The molecular formula is C16H26O4. The fraction of sp³-hybridized carbons (Fsp3) is 0.750. The molecule has 0 aliphatic heterocycles. The molecule has 0 rings (SSSR count). The summed E-state index contributed by atoms with van der Waals surface area (Å²) < 4.78 is 4.69. The molecule has 0 radical (unpaired) electrons. The van der Waals surface area contributed by atoms with Crippen LogP contribution in [0.15, 0.2) is 0 Å². The van der Waals surface area contributed by atoms with E-state index in [1.54, 1.807) is 6.92 Å². The molecule has 0 aromatic heterocycles. The van der Waals surface area contributed by atoms with Gasteiger partial charge in [-0.1, -0.05) is 32.1 Å². The molecule has 4 heteroatoms. The number of carbonyl (C=O) groups excluding carboxylic acids is 2. The SMILES string of the molecule is CCCCCCC(O)C#CCCC(=O)CC(=O)OCC. The molecule has 0 saturated heterocycles. The lowest BCUT2D eigenvalue weighted by atomic mass is 10.1. The van der Waals surface area contributed by atoms with Crippen LogP contribution in [0.25, 0.3) is 0 Å². The van der Waals surface area contributed by atoms with Crippen molar-refractivity contribution in [1.82, 2.24) is 0 Å². The van der Waals surface area contributed by atoms with Gasteiger partial charge in [-0.15, -0.1) is 5.92 Å². The molecule has 0 amide bonds. The number of unbranched alkanes of at least 4 members (excludes halogenated alkanes) is 3. The van der Waals surface area contributed by atoms with Crippen LogP contribution < -0.4 is 0 Å². The third-order valence-corrected chi connectivity index (χ3v) is 2.78. The maximum absolute atomic E-state index is 11.4. The zero-order chi connectivity index (χ0) is 15.2. The van der Waals surface area contributed by atoms with Gasteiger partial charge in [0.25, 0.3) is 0 Å². The van der Waals surface area contributed by atoms with Gasteiger partial charge >= 0.3 is 5.97 Å². The molecule has 114 valence electrons. The van der Waals surface area contributed by atoms with E-state index in [9.17, 15) is 14.7 Å². The summed E-state index contributed by atoms with van der Waals surface area (Å²) in [6.45, 7) is 4.13. The minimum absolute atomic E-state index is 0.171. The monoisotopic (exact) mass is 282 g/mol. The maximum atomic E-state index is 11.4. The average molecular weight is 282 g/mol. The molecular weight excluding hydrogens is 256 g/mol. The van der Waals surface area contributed by atoms with Gasteiger partial charge in [-0.2, -0.15) is 0 Å². The van der Waals surface area contributed by atoms with Gasteiger partial charge < -0.3 is 9.84 Å². The van der Waals surface area contributed by atoms with Gasteiger partial charge in [-0.3, -0.25) is 9.59 Å². The minimum Gasteiger partial charge on any atom is -0.466 e. The Kier molecular flexibility index (Phi) is 11.8. The molecule has 0 saturated carbocycles. The largest absolute Gasteiger partial charge is 0.466 e. The van der Waals surface area contributed by atoms with Crippen molar-refractivity contribution in [3.63, 3.8) is 0 Å². The van der Waals surface area contributed by atoms with E-state index in [1.807, 2.05) is 0 Å². The highest BCUT2D eigenvalue weighted by Crippen LogP contribution is 2.05. The van der Waals surface area contributed by atoms with E-state index in [0.29, 0.717) is 12.8 Å². The standard InChI is InChI=1S/C16H26O4/c1-3-5-6-7-10-14(17)11-8-9-12-15(18)13-16(19)20-4-2/h14,17H,3-7,9-10,12-13H2,1-2H3. The summed E-state index contributed by atoms with van der Waals surface area (Å²) in [5.74, 6) is 4.86. The van der Waals surface area contributed by atoms with Crippen LogP contribution in [0.4, 0.5) is 0 Å². The van der Waals surface area contributed by atoms with E-state index >= 15 is 0 Å². The molecule has 0 spiro atoms. The molecule has 0 aliphatic carbocycles. The number of aliphatic hydroxyl groups excluding tert-OH is 1. The van der Waals surface area contributed by atoms with Crippen molar-refractivity contribution in [2.45, 2.75) is 71.3 Å². The van der Waals surface area contributed by atoms with Gasteiger partial charge in [0.2, 0.25) is 0 Å². The van der Waals surface area contributed by atoms with Gasteiger partial charge in [-0.25, -0.2) is 0 Å². The summed E-state index contributed by atoms with van der Waals surface area (Å²) in [7, 11) is 0. The summed E-state index contributed by atoms with van der Waals surface area (Å²) in [6.07, 6.45) is 4.95. The quantitative estimate of drug-likeness (QED) is 0.289. The first kappa shape index (κ1) is 18.7. The normalized spacial score (nSPS) is 11.3. The highest BCUT2D eigenvalue weighted by atomic mass is 16.5. The molecule has 1 N–H and O–H groups in total. The van der Waals surface area contributed by atoms with Crippen molar-refractivity contribution in [3.05, 3.63) is 0 Å². The topological polar surface area (TPSA) is 63.6 Å². The van der Waals surface area contributed by atoms with Gasteiger partial charge in [0.15, 0.2) is 0 Å². The van der Waals surface area contributed by atoms with Gasteiger partial charge in [-0.05, 0) is 19.8 Å². The van der Waals surface area contributed by atoms with E-state index in [2.05, 4.69) is 23.5 Å². The Morgan fingerprint density at radius 1 is 1.20 bits per heavy atom. The number of hydrogen-bond donors (Lipinski definition) is 1. The van der Waals surface area contributed by atoms with E-state index in [4.69, 9.17) is 0 Å². The van der Waals surface area contributed by atoms with Crippen LogP contribution in [-0.4, -0.2) is 29.6 Å². The molecule has 0 aromatic rings. The molecule has 0 fully saturated rings. The van der Waals surface area contributed by atoms with Crippen molar-refractivity contribution in [2.24, 2.45) is 0 Å². The molecule has 0 aromatic carbocycles. The van der Waals surface area contributed by atoms with Gasteiger partial charge in [0.1, 0.15) is 18.3 Å². The van der Waals surface area contributed by atoms with Crippen LogP contribution in [0, 0.1) is 11.8 Å². The predicted molar refractivity (Wildman–Crippen MR) is 78.0 cm³/mol. The molecule has 1 atom stereocenters. The Morgan fingerprint density at radius 2 is 1.95 bits per heavy atom. The first-order valence-electron chi connectivity index (χ1n) is 7.43. The fourth-order valence-corrected chi connectivity index (χ4v) is 1.69. The van der Waals surface area contributed by atoms with Gasteiger partial charge in [0.05, 0.1) is 6.61 Å². The van der Waals surface area contributed by atoms with Crippen LogP contribution in [0.1, 0.15) is 65.2 Å². The van der Waals surface area contributed by atoms with Gasteiger partial charge in [0, 0.05) is 12.8 Å². The smallest absolute Gasteiger partial charge is 0.313 e. The summed E-state index contributed by atoms with van der Waals surface area (Å²) in [4.78, 5) is 22.4. The molecule has 0 heterocycles. The van der Waals surface area contributed by atoms with E-state index in [0.717, 1.165) is 12.8 Å². The second kappa shape index (κ2) is 12.7. The highest BCUT2D eigenvalue weighted by molar-refractivity contribution is 5.95. The molecule has 0 bridgehead atoms. The second-order valence-electron chi connectivity index (χ2n) is 4.71. The first-order valence-corrected chi connectivity index (χ1v) is 7.43. The van der Waals surface area contributed by atoms with Crippen LogP contribution in [-0.2, 0) is 14.3 Å². The van der Waals surface area contributed by atoms with Crippen LogP contribution in [0.2, 0.25) is 0 Å². The van der Waals surface area contributed by atoms with Crippen molar-refractivity contribution in [3.8, 4) is 11.8 Å². The molecule has 4 nitrogen and oxygen atoms in total. The number of rotatable bonds is 10. The Hall–Kier alpha value is -1.34. The lowest BCUT2D eigenvalue weighted by molar-refractivity contribution is -0.145. The van der Waals surface area contributed by atoms with Crippen molar-refractivity contribution in [1.29, 1.82) is 0 Å². The van der Waals surface area contributed by atoms with Crippen LogP contribution in [0.3, 0.4) is 0 Å². The zero-order valence-electron chi connectivity index (χ0n) is 12.6. The Morgan fingerprint density at radius 3 is 2.60 bits per heavy atom. The highest BCUT2D eigenvalue weighted by Gasteiger charge is 2.09. The van der Waals surface area contributed by atoms with E-state index < -0.39 is 12.1 Å². The summed E-state index contributed by atoms with van der Waals surface area (Å²) in [6, 6.07) is 0. The maximum Gasteiger partial charge on any atom is 0.313 e. The fourth-order valence-electron chi connectivity index (χ4n) is 1.69. The Labute approximate surface area is 121 Å². The van der Waals surface area contributed by atoms with Crippen molar-refractivity contribution in [2.75, 3.05) is 6.61 Å². The predicted octanol–water partition coefficient (Wildman–Crippen LogP) is 2.62. The third kappa shape index (κ3) is 11.7. The third-order valence-electron chi connectivity index (χ3n) is 2.78. The number of carbonyl (C=O) groups is 2. The van der Waals surface area contributed by atoms with Crippen LogP contribution >= 0.6 is 0 Å². The average Bonchev–Trinajstić information content (AvgIpc) is 2.40. The number of aliphatic hydroxyl groups is 1. The molecule has 0 aliphatic rings. The first-order chi connectivity index (χ1) is 9.60. The van der Waals surface area contributed by atoms with Crippen LogP contribution in [0.5, 0.6) is 0 Å². The van der Waals surface area contributed by atoms with Crippen molar-refractivity contribution >= 4 is 11.8 Å². The lowest BCUT2D eigenvalue weighted by Crippen LogP contribution is -2.10. The number of hydrogen-bond acceptors (Lipinski definition) is 4. The summed E-state index contributed by atoms with van der Waals surface area (Å²) in [5, 5.41) is 9.60. The zero-order valence-corrected chi connectivity index (χ0v) is 12.6. The van der Waals surface area contributed by atoms with E-state index in [1.165, 1.54) is 12.8 Å². The lowest BCUT2D eigenvalue weighted by Gasteiger charge is -2.02. The van der Waals surface area contributed by atoms with E-state index in [-0.39, 0.29) is 25.2 Å². The number of ether oxygens (including phenoxy) is 1.